The number of anilines is 1. The minimum Gasteiger partial charge on any atom is -0.366 e. The summed E-state index contributed by atoms with van der Waals surface area (Å²) in [6.45, 7) is 4.93. The minimum absolute atomic E-state index is 0.153. The molecule has 2 aliphatic rings. The summed E-state index contributed by atoms with van der Waals surface area (Å²) in [7, 11) is 0. The number of carbonyl (C=O) groups excluding carboxylic acids is 1. The Balaban J connectivity index is 1.45. The second-order valence-electron chi connectivity index (χ2n) is 7.13. The highest BCUT2D eigenvalue weighted by Crippen LogP contribution is 2.33. The maximum Gasteiger partial charge on any atom is 0.255 e. The number of piperazine rings is 1. The molecule has 0 spiro atoms. The molecule has 3 nitrogen and oxygen atoms in total. The minimum atomic E-state index is -0.191. The van der Waals surface area contributed by atoms with Crippen molar-refractivity contribution >= 4 is 22.9 Å². The third kappa shape index (κ3) is 3.17. The van der Waals surface area contributed by atoms with Crippen LogP contribution in [0.25, 0.3) is 0 Å². The van der Waals surface area contributed by atoms with Crippen LogP contribution in [0, 0.1) is 11.7 Å². The fourth-order valence-corrected chi connectivity index (χ4v) is 5.12. The normalized spacial score (nSPS) is 20.5. The monoisotopic (exact) mass is 358 g/mol. The van der Waals surface area contributed by atoms with E-state index in [2.05, 4.69) is 6.92 Å². The second-order valence-corrected chi connectivity index (χ2v) is 8.09. The summed E-state index contributed by atoms with van der Waals surface area (Å²) in [6.07, 6.45) is 3.30. The predicted octanol–water partition coefficient (Wildman–Crippen LogP) is 3.97. The molecule has 25 heavy (non-hydrogen) atoms. The Labute approximate surface area is 152 Å². The van der Waals surface area contributed by atoms with E-state index in [4.69, 9.17) is 0 Å². The van der Waals surface area contributed by atoms with E-state index >= 15 is 0 Å². The third-order valence-corrected chi connectivity index (χ3v) is 6.44. The van der Waals surface area contributed by atoms with E-state index in [1.807, 2.05) is 27.3 Å². The molecule has 1 amide bonds. The molecule has 1 aliphatic heterocycles. The van der Waals surface area contributed by atoms with Gasteiger partial charge in [-0.3, -0.25) is 4.79 Å². The van der Waals surface area contributed by atoms with Crippen LogP contribution >= 0.6 is 11.3 Å². The largest absolute Gasteiger partial charge is 0.366 e. The molecule has 1 aromatic carbocycles. The Morgan fingerprint density at radius 3 is 2.72 bits per heavy atom. The van der Waals surface area contributed by atoms with Crippen molar-refractivity contribution in [2.45, 2.75) is 26.2 Å². The van der Waals surface area contributed by atoms with Gasteiger partial charge in [-0.05, 0) is 42.9 Å². The summed E-state index contributed by atoms with van der Waals surface area (Å²) in [5.41, 5.74) is 2.83. The SMILES string of the molecule is CC1CCc2c(C(=O)N3CCN(c4ccccc4F)CC3)csc2C1. The van der Waals surface area contributed by atoms with Crippen molar-refractivity contribution in [1.29, 1.82) is 0 Å². The van der Waals surface area contributed by atoms with E-state index in [1.165, 1.54) is 22.9 Å². The number of halogens is 1. The first kappa shape index (κ1) is 16.6. The van der Waals surface area contributed by atoms with Gasteiger partial charge in [-0.25, -0.2) is 4.39 Å². The van der Waals surface area contributed by atoms with Gasteiger partial charge in [0.15, 0.2) is 0 Å². The van der Waals surface area contributed by atoms with Gasteiger partial charge >= 0.3 is 0 Å². The first-order chi connectivity index (χ1) is 12.1. The van der Waals surface area contributed by atoms with Crippen molar-refractivity contribution in [3.8, 4) is 0 Å². The van der Waals surface area contributed by atoms with Crippen LogP contribution < -0.4 is 4.90 Å². The topological polar surface area (TPSA) is 23.6 Å². The molecule has 2 heterocycles. The van der Waals surface area contributed by atoms with Crippen molar-refractivity contribution in [3.63, 3.8) is 0 Å². The molecule has 5 heteroatoms. The molecule has 1 atom stereocenters. The Hall–Kier alpha value is -1.88. The molecule has 2 aromatic rings. The number of hydrogen-bond donors (Lipinski definition) is 0. The molecule has 0 bridgehead atoms. The van der Waals surface area contributed by atoms with Gasteiger partial charge in [0.1, 0.15) is 5.82 Å². The van der Waals surface area contributed by atoms with E-state index in [1.54, 1.807) is 17.4 Å². The Kier molecular flexibility index (Phi) is 4.50. The maximum absolute atomic E-state index is 14.0. The lowest BCUT2D eigenvalue weighted by atomic mass is 9.88. The zero-order chi connectivity index (χ0) is 17.4. The van der Waals surface area contributed by atoms with E-state index in [0.717, 1.165) is 24.3 Å². The number of para-hydroxylation sites is 1. The molecule has 0 radical (unpaired) electrons. The van der Waals surface area contributed by atoms with Gasteiger partial charge < -0.3 is 9.80 Å². The number of nitrogens with zero attached hydrogens (tertiary/aromatic N) is 2. The van der Waals surface area contributed by atoms with Crippen LogP contribution in [0.5, 0.6) is 0 Å². The summed E-state index contributed by atoms with van der Waals surface area (Å²) in [5.74, 6) is 0.682. The highest BCUT2D eigenvalue weighted by molar-refractivity contribution is 7.10. The maximum atomic E-state index is 14.0. The summed E-state index contributed by atoms with van der Waals surface area (Å²) in [6, 6.07) is 6.86. The second kappa shape index (κ2) is 6.79. The van der Waals surface area contributed by atoms with Gasteiger partial charge in [0.05, 0.1) is 11.3 Å². The van der Waals surface area contributed by atoms with E-state index < -0.39 is 0 Å². The Morgan fingerprint density at radius 1 is 1.20 bits per heavy atom. The molecule has 132 valence electrons. The summed E-state index contributed by atoms with van der Waals surface area (Å²) in [5, 5.41) is 2.05. The number of amides is 1. The van der Waals surface area contributed by atoms with Gasteiger partial charge in [-0.1, -0.05) is 19.1 Å². The highest BCUT2D eigenvalue weighted by Gasteiger charge is 2.28. The average Bonchev–Trinajstić information content (AvgIpc) is 3.04. The Morgan fingerprint density at radius 2 is 1.96 bits per heavy atom. The van der Waals surface area contributed by atoms with Crippen LogP contribution in [-0.4, -0.2) is 37.0 Å². The van der Waals surface area contributed by atoms with Crippen molar-refractivity contribution in [2.24, 2.45) is 5.92 Å². The smallest absolute Gasteiger partial charge is 0.255 e. The van der Waals surface area contributed by atoms with Gasteiger partial charge in [-0.2, -0.15) is 0 Å². The fourth-order valence-electron chi connectivity index (χ4n) is 3.89. The quantitative estimate of drug-likeness (QED) is 0.811. The van der Waals surface area contributed by atoms with Crippen LogP contribution in [-0.2, 0) is 12.8 Å². The molecule has 1 saturated heterocycles. The number of carbonyl (C=O) groups is 1. The van der Waals surface area contributed by atoms with Gasteiger partial charge in [0.25, 0.3) is 5.91 Å². The van der Waals surface area contributed by atoms with E-state index in [-0.39, 0.29) is 11.7 Å². The molecule has 0 saturated carbocycles. The molecule has 1 aliphatic carbocycles. The molecule has 1 unspecified atom stereocenters. The van der Waals surface area contributed by atoms with Gasteiger partial charge in [0.2, 0.25) is 0 Å². The van der Waals surface area contributed by atoms with Crippen LogP contribution in [0.1, 0.15) is 34.1 Å². The molecular formula is C20H23FN2OS. The lowest BCUT2D eigenvalue weighted by molar-refractivity contribution is 0.0745. The molecule has 0 N–H and O–H groups in total. The summed E-state index contributed by atoms with van der Waals surface area (Å²) >= 11 is 1.74. The van der Waals surface area contributed by atoms with Crippen molar-refractivity contribution in [3.05, 3.63) is 51.5 Å². The van der Waals surface area contributed by atoms with Crippen molar-refractivity contribution < 1.29 is 9.18 Å². The molecular weight excluding hydrogens is 335 g/mol. The summed E-state index contributed by atoms with van der Waals surface area (Å²) in [4.78, 5) is 18.3. The first-order valence-electron chi connectivity index (χ1n) is 9.01. The highest BCUT2D eigenvalue weighted by atomic mass is 32.1. The number of rotatable bonds is 2. The third-order valence-electron chi connectivity index (χ3n) is 5.39. The zero-order valence-corrected chi connectivity index (χ0v) is 15.3. The van der Waals surface area contributed by atoms with Gasteiger partial charge in [-0.15, -0.1) is 11.3 Å². The number of benzene rings is 1. The molecule has 1 aromatic heterocycles. The average molecular weight is 358 g/mol. The van der Waals surface area contributed by atoms with Crippen molar-refractivity contribution in [2.75, 3.05) is 31.1 Å². The standard InChI is InChI=1S/C20H23FN2OS/c1-14-6-7-15-16(13-25-19(15)12-14)20(24)23-10-8-22(9-11-23)18-5-3-2-4-17(18)21/h2-5,13-14H,6-12H2,1H3. The van der Waals surface area contributed by atoms with Crippen molar-refractivity contribution in [1.82, 2.24) is 4.90 Å². The fraction of sp³-hybridized carbons (Fsp3) is 0.450. The van der Waals surface area contributed by atoms with Crippen LogP contribution in [0.15, 0.2) is 29.6 Å². The molecule has 1 fully saturated rings. The van der Waals surface area contributed by atoms with Crippen LogP contribution in [0.4, 0.5) is 10.1 Å². The predicted molar refractivity (Wildman–Crippen MR) is 100 cm³/mol. The first-order valence-corrected chi connectivity index (χ1v) is 9.89. The van der Waals surface area contributed by atoms with Crippen LogP contribution in [0.2, 0.25) is 0 Å². The lowest BCUT2D eigenvalue weighted by Gasteiger charge is -2.36. The lowest BCUT2D eigenvalue weighted by Crippen LogP contribution is -2.49. The van der Waals surface area contributed by atoms with E-state index in [0.29, 0.717) is 31.9 Å². The van der Waals surface area contributed by atoms with Gasteiger partial charge in [0, 0.05) is 36.4 Å². The summed E-state index contributed by atoms with van der Waals surface area (Å²) < 4.78 is 14.0. The number of thiophene rings is 1. The number of fused-ring (bicyclic) bond motifs is 1. The van der Waals surface area contributed by atoms with Crippen LogP contribution in [0.3, 0.4) is 0 Å². The molecule has 4 rings (SSSR count). The zero-order valence-electron chi connectivity index (χ0n) is 14.5. The van der Waals surface area contributed by atoms with E-state index in [9.17, 15) is 9.18 Å². The number of hydrogen-bond acceptors (Lipinski definition) is 3. The Bertz CT molecular complexity index is 780.